The topological polar surface area (TPSA) is 123 Å². The molecule has 1 saturated heterocycles. The van der Waals surface area contributed by atoms with Crippen LogP contribution in [0.15, 0.2) is 27.8 Å². The van der Waals surface area contributed by atoms with E-state index in [1.165, 1.54) is 6.07 Å². The van der Waals surface area contributed by atoms with Gasteiger partial charge in [0.1, 0.15) is 5.69 Å². The molecule has 1 aromatic carbocycles. The van der Waals surface area contributed by atoms with E-state index in [1.54, 1.807) is 11.9 Å². The smallest absolute Gasteiger partial charge is 0.431 e. The molecular weight excluding hydrogens is 497 g/mol. The Morgan fingerprint density at radius 2 is 1.83 bits per heavy atom. The molecule has 2 heterocycles. The highest BCUT2D eigenvalue weighted by atomic mass is 35.5. The summed E-state index contributed by atoms with van der Waals surface area (Å²) in [4.78, 5) is 49.4. The van der Waals surface area contributed by atoms with Crippen molar-refractivity contribution in [3.05, 3.63) is 60.9 Å². The first-order valence-electron chi connectivity index (χ1n) is 10.4. The number of aromatic carboxylic acids is 1. The molecule has 1 amide bonds. The van der Waals surface area contributed by atoms with E-state index in [4.69, 9.17) is 16.3 Å². The van der Waals surface area contributed by atoms with Crippen LogP contribution in [-0.4, -0.2) is 57.4 Å². The molecular formula is C21H22ClF3N4O6. The first-order valence-corrected chi connectivity index (χ1v) is 10.8. The maximum Gasteiger partial charge on any atom is 0.431 e. The number of nitrogens with one attached hydrogen (secondary N) is 1. The number of rotatable bonds is 6. The minimum absolute atomic E-state index is 0.125. The molecule has 1 aliphatic heterocycles. The number of hydrazine groups is 1. The number of benzene rings is 1. The Hall–Kier alpha value is -3.16. The van der Waals surface area contributed by atoms with E-state index in [9.17, 15) is 37.5 Å². The van der Waals surface area contributed by atoms with E-state index in [-0.39, 0.29) is 39.2 Å². The second-order valence-corrected chi connectivity index (χ2v) is 8.36. The monoisotopic (exact) mass is 518 g/mol. The Labute approximate surface area is 201 Å². The van der Waals surface area contributed by atoms with E-state index >= 15 is 0 Å². The highest BCUT2D eigenvalue weighted by Gasteiger charge is 2.35. The Balaban J connectivity index is 2.04. The van der Waals surface area contributed by atoms with Gasteiger partial charge in [-0.1, -0.05) is 18.5 Å². The van der Waals surface area contributed by atoms with Crippen LogP contribution in [0.4, 0.5) is 13.2 Å². The maximum absolute atomic E-state index is 13.2. The molecule has 2 aromatic rings. The van der Waals surface area contributed by atoms with Crippen molar-refractivity contribution in [2.24, 2.45) is 7.05 Å². The van der Waals surface area contributed by atoms with E-state index < -0.39 is 40.6 Å². The van der Waals surface area contributed by atoms with Gasteiger partial charge in [0, 0.05) is 32.6 Å². The minimum Gasteiger partial charge on any atom is -0.478 e. The molecule has 1 aromatic heterocycles. The Bertz CT molecular complexity index is 1270. The van der Waals surface area contributed by atoms with Gasteiger partial charge in [0.2, 0.25) is 5.91 Å². The van der Waals surface area contributed by atoms with E-state index in [0.29, 0.717) is 30.9 Å². The second-order valence-electron chi connectivity index (χ2n) is 7.98. The molecule has 0 saturated carbocycles. The van der Waals surface area contributed by atoms with Gasteiger partial charge in [0.05, 0.1) is 29.5 Å². The molecule has 35 heavy (non-hydrogen) atoms. The zero-order valence-corrected chi connectivity index (χ0v) is 19.4. The number of amides is 1. The number of carbonyl (C=O) groups excluding carboxylic acids is 1. The highest BCUT2D eigenvalue weighted by Crippen LogP contribution is 2.32. The average Bonchev–Trinajstić information content (AvgIpc) is 2.76. The molecule has 190 valence electrons. The Morgan fingerprint density at radius 1 is 1.20 bits per heavy atom. The lowest BCUT2D eigenvalue weighted by atomic mass is 9.94. The van der Waals surface area contributed by atoms with E-state index in [2.05, 4.69) is 5.43 Å². The van der Waals surface area contributed by atoms with Crippen molar-refractivity contribution < 1.29 is 32.6 Å². The number of morpholine rings is 1. The molecule has 0 bridgehead atoms. The van der Waals surface area contributed by atoms with Gasteiger partial charge < -0.3 is 9.84 Å². The quantitative estimate of drug-likeness (QED) is 0.597. The predicted octanol–water partition coefficient (Wildman–Crippen LogP) is 1.76. The van der Waals surface area contributed by atoms with Gasteiger partial charge in [-0.15, -0.1) is 0 Å². The van der Waals surface area contributed by atoms with Crippen molar-refractivity contribution in [1.82, 2.24) is 19.6 Å². The SMILES string of the molecule is CC(CC(=O)NN1CCOCC1)c1cc(-n2c(=O)cc(C(F)(F)F)n(C)c2=O)cc(C(=O)O)c1Cl. The lowest BCUT2D eigenvalue weighted by Gasteiger charge is -2.27. The highest BCUT2D eigenvalue weighted by molar-refractivity contribution is 6.34. The van der Waals surface area contributed by atoms with Gasteiger partial charge >= 0.3 is 17.8 Å². The van der Waals surface area contributed by atoms with Crippen LogP contribution in [0.25, 0.3) is 5.69 Å². The predicted molar refractivity (Wildman–Crippen MR) is 118 cm³/mol. The van der Waals surface area contributed by atoms with Crippen molar-refractivity contribution >= 4 is 23.5 Å². The number of carbonyl (C=O) groups is 2. The molecule has 2 N–H and O–H groups in total. The molecule has 0 radical (unpaired) electrons. The Morgan fingerprint density at radius 3 is 2.40 bits per heavy atom. The van der Waals surface area contributed by atoms with Crippen LogP contribution < -0.4 is 16.7 Å². The summed E-state index contributed by atoms with van der Waals surface area (Å²) >= 11 is 6.27. The van der Waals surface area contributed by atoms with Crippen LogP contribution in [-0.2, 0) is 22.8 Å². The molecule has 0 aliphatic carbocycles. The fraction of sp³-hybridized carbons (Fsp3) is 0.429. The fourth-order valence-electron chi connectivity index (χ4n) is 3.69. The number of carboxylic acid groups (broad SMARTS) is 1. The van der Waals surface area contributed by atoms with Crippen LogP contribution in [0.5, 0.6) is 0 Å². The summed E-state index contributed by atoms with van der Waals surface area (Å²) in [5.74, 6) is -2.55. The molecule has 1 fully saturated rings. The van der Waals surface area contributed by atoms with Gasteiger partial charge in [-0.3, -0.25) is 19.6 Å². The fourth-order valence-corrected chi connectivity index (χ4v) is 4.07. The lowest BCUT2D eigenvalue weighted by molar-refractivity contribution is -0.144. The van der Waals surface area contributed by atoms with Gasteiger partial charge in [0.15, 0.2) is 0 Å². The number of nitrogens with zero attached hydrogens (tertiary/aromatic N) is 3. The number of hydrogen-bond acceptors (Lipinski definition) is 6. The van der Waals surface area contributed by atoms with Crippen molar-refractivity contribution in [3.63, 3.8) is 0 Å². The molecule has 1 aliphatic rings. The molecule has 1 atom stereocenters. The number of halogens is 4. The number of carboxylic acids is 1. The van der Waals surface area contributed by atoms with Gasteiger partial charge in [0.25, 0.3) is 5.56 Å². The number of aromatic nitrogens is 2. The zero-order chi connectivity index (χ0) is 26.1. The third-order valence-corrected chi connectivity index (χ3v) is 5.92. The third kappa shape index (κ3) is 5.74. The van der Waals surface area contributed by atoms with Crippen molar-refractivity contribution in [3.8, 4) is 5.69 Å². The molecule has 14 heteroatoms. The van der Waals surface area contributed by atoms with Gasteiger partial charge in [-0.25, -0.2) is 19.2 Å². The first-order chi connectivity index (χ1) is 16.3. The van der Waals surface area contributed by atoms with Crippen molar-refractivity contribution in [1.29, 1.82) is 0 Å². The van der Waals surface area contributed by atoms with Crippen LogP contribution in [0.3, 0.4) is 0 Å². The second kappa shape index (κ2) is 10.2. The van der Waals surface area contributed by atoms with Crippen LogP contribution in [0.2, 0.25) is 5.02 Å². The number of ether oxygens (including phenoxy) is 1. The van der Waals surface area contributed by atoms with Crippen LogP contribution in [0.1, 0.15) is 40.9 Å². The standard InChI is InChI=1S/C21H22ClF3N4O6/c1-11(7-16(30)26-28-3-5-35-6-4-28)13-8-12(9-14(18(13)22)19(32)33)29-17(31)10-15(21(23,24)25)27(2)20(29)34/h8-11H,3-7H2,1-2H3,(H,26,30)(H,32,33). The maximum atomic E-state index is 13.2. The van der Waals surface area contributed by atoms with E-state index in [1.807, 2.05) is 0 Å². The summed E-state index contributed by atoms with van der Waals surface area (Å²) in [6, 6.07) is 2.39. The van der Waals surface area contributed by atoms with Crippen LogP contribution in [0, 0.1) is 0 Å². The normalized spacial score (nSPS) is 15.6. The minimum atomic E-state index is -4.95. The average molecular weight is 519 g/mol. The zero-order valence-electron chi connectivity index (χ0n) is 18.7. The molecule has 0 spiro atoms. The molecule has 10 nitrogen and oxygen atoms in total. The van der Waals surface area contributed by atoms with E-state index in [0.717, 1.165) is 13.1 Å². The summed E-state index contributed by atoms with van der Waals surface area (Å²) in [5, 5.41) is 11.0. The Kier molecular flexibility index (Phi) is 7.72. The lowest BCUT2D eigenvalue weighted by Crippen LogP contribution is -2.48. The van der Waals surface area contributed by atoms with Crippen molar-refractivity contribution in [2.75, 3.05) is 26.3 Å². The summed E-state index contributed by atoms with van der Waals surface area (Å²) < 4.78 is 45.4. The molecule has 3 rings (SSSR count). The van der Waals surface area contributed by atoms with Crippen molar-refractivity contribution in [2.45, 2.75) is 25.4 Å². The van der Waals surface area contributed by atoms with Gasteiger partial charge in [-0.2, -0.15) is 13.2 Å². The number of hydrogen-bond donors (Lipinski definition) is 2. The summed E-state index contributed by atoms with van der Waals surface area (Å²) in [7, 11) is 0.842. The number of alkyl halides is 3. The third-order valence-electron chi connectivity index (χ3n) is 5.50. The summed E-state index contributed by atoms with van der Waals surface area (Å²) in [6.45, 7) is 3.45. The first kappa shape index (κ1) is 26.4. The van der Waals surface area contributed by atoms with Gasteiger partial charge in [-0.05, 0) is 23.6 Å². The largest absolute Gasteiger partial charge is 0.478 e. The summed E-state index contributed by atoms with van der Waals surface area (Å²) in [5.41, 5.74) is -2.01. The summed E-state index contributed by atoms with van der Waals surface area (Å²) in [6.07, 6.45) is -5.08. The van der Waals surface area contributed by atoms with Crippen LogP contribution >= 0.6 is 11.6 Å². The molecule has 1 unspecified atom stereocenters.